The van der Waals surface area contributed by atoms with E-state index in [9.17, 15) is 0 Å². The van der Waals surface area contributed by atoms with Gasteiger partial charge in [-0.1, -0.05) is 140 Å². The van der Waals surface area contributed by atoms with Gasteiger partial charge in [0.05, 0.1) is 33.3 Å². The summed E-state index contributed by atoms with van der Waals surface area (Å²) >= 11 is 0. The summed E-state index contributed by atoms with van der Waals surface area (Å²) in [7, 11) is 0. The van der Waals surface area contributed by atoms with Crippen molar-refractivity contribution in [2.75, 3.05) is 0 Å². The van der Waals surface area contributed by atoms with Gasteiger partial charge in [0.15, 0.2) is 5.82 Å². The topological polar surface area (TPSA) is 35.6 Å². The maximum Gasteiger partial charge on any atom is 0.160 e. The minimum absolute atomic E-state index is 0.715. The lowest BCUT2D eigenvalue weighted by Gasteiger charge is -2.13. The van der Waals surface area contributed by atoms with Crippen LogP contribution in [0.25, 0.3) is 99.7 Å². The summed E-state index contributed by atoms with van der Waals surface area (Å²) in [5.74, 6) is 0.715. The summed E-state index contributed by atoms with van der Waals surface area (Å²) in [5, 5.41) is 5.96. The Morgan fingerprint density at radius 2 is 0.778 bits per heavy atom. The molecule has 8 aromatic carbocycles. The van der Waals surface area contributed by atoms with Gasteiger partial charge in [-0.15, -0.1) is 0 Å². The van der Waals surface area contributed by atoms with Crippen molar-refractivity contribution in [3.8, 4) is 45.1 Å². The Hall–Kier alpha value is -7.30. The van der Waals surface area contributed by atoms with Crippen LogP contribution in [0, 0.1) is 0 Å². The molecular formula is C50H32N4. The molecular weight excluding hydrogens is 657 g/mol. The third-order valence-corrected chi connectivity index (χ3v) is 10.7. The molecule has 0 unspecified atom stereocenters. The predicted octanol–water partition coefficient (Wildman–Crippen LogP) is 12.8. The van der Waals surface area contributed by atoms with Crippen LogP contribution in [-0.4, -0.2) is 19.1 Å². The monoisotopic (exact) mass is 688 g/mol. The molecule has 0 bridgehead atoms. The number of rotatable bonds is 5. The number of hydrogen-bond donors (Lipinski definition) is 0. The standard InChI is InChI=1S/C50H32N4/c1-4-14-33(15-5-1)49-43-29-26-38(32-44(43)51-50(52-49)34-16-6-2-7-17-34)54-46-23-13-11-21-40(46)42-28-25-36(31-48(42)54)35-24-27-41-39-20-10-12-22-45(39)53(47(41)30-35)37-18-8-3-9-19-37/h1-32H. The molecule has 4 nitrogen and oxygen atoms in total. The van der Waals surface area contributed by atoms with Crippen molar-refractivity contribution < 1.29 is 0 Å². The van der Waals surface area contributed by atoms with Crippen LogP contribution in [0.15, 0.2) is 194 Å². The predicted molar refractivity (Wildman–Crippen MR) is 225 cm³/mol. The van der Waals surface area contributed by atoms with Gasteiger partial charge in [0.25, 0.3) is 0 Å². The Labute approximate surface area is 311 Å². The number of nitrogens with zero attached hydrogens (tertiary/aromatic N) is 4. The third-order valence-electron chi connectivity index (χ3n) is 10.7. The van der Waals surface area contributed by atoms with Crippen LogP contribution in [0.5, 0.6) is 0 Å². The van der Waals surface area contributed by atoms with Crippen LogP contribution in [0.2, 0.25) is 0 Å². The molecule has 0 fully saturated rings. The number of aromatic nitrogens is 4. The second kappa shape index (κ2) is 12.1. The first-order valence-electron chi connectivity index (χ1n) is 18.3. The smallest absolute Gasteiger partial charge is 0.160 e. The van der Waals surface area contributed by atoms with Gasteiger partial charge < -0.3 is 9.13 Å². The van der Waals surface area contributed by atoms with Crippen LogP contribution < -0.4 is 0 Å². The number of benzene rings is 8. The lowest BCUT2D eigenvalue weighted by Crippen LogP contribution is -1.98. The van der Waals surface area contributed by atoms with E-state index in [1.54, 1.807) is 0 Å². The highest BCUT2D eigenvalue weighted by atomic mass is 15.0. The van der Waals surface area contributed by atoms with Gasteiger partial charge in [-0.3, -0.25) is 0 Å². The molecule has 252 valence electrons. The van der Waals surface area contributed by atoms with Crippen molar-refractivity contribution in [3.63, 3.8) is 0 Å². The minimum Gasteiger partial charge on any atom is -0.309 e. The van der Waals surface area contributed by atoms with Crippen molar-refractivity contribution in [3.05, 3.63) is 194 Å². The zero-order valence-corrected chi connectivity index (χ0v) is 29.3. The normalized spacial score (nSPS) is 11.7. The molecule has 0 saturated carbocycles. The fourth-order valence-corrected chi connectivity index (χ4v) is 8.22. The molecule has 0 N–H and O–H groups in total. The summed E-state index contributed by atoms with van der Waals surface area (Å²) in [6, 6.07) is 69.1. The van der Waals surface area contributed by atoms with Crippen molar-refractivity contribution >= 4 is 54.5 Å². The summed E-state index contributed by atoms with van der Waals surface area (Å²) in [4.78, 5) is 10.3. The van der Waals surface area contributed by atoms with Gasteiger partial charge in [-0.2, -0.15) is 0 Å². The van der Waals surface area contributed by atoms with Crippen LogP contribution in [0.3, 0.4) is 0 Å². The quantitative estimate of drug-likeness (QED) is 0.180. The fraction of sp³-hybridized carbons (Fsp3) is 0. The zero-order valence-electron chi connectivity index (χ0n) is 29.3. The largest absolute Gasteiger partial charge is 0.309 e. The highest BCUT2D eigenvalue weighted by molar-refractivity contribution is 6.12. The van der Waals surface area contributed by atoms with Gasteiger partial charge in [-0.25, -0.2) is 9.97 Å². The van der Waals surface area contributed by atoms with Crippen molar-refractivity contribution in [2.45, 2.75) is 0 Å². The Morgan fingerprint density at radius 3 is 1.39 bits per heavy atom. The maximum absolute atomic E-state index is 5.18. The average Bonchev–Trinajstić information content (AvgIpc) is 3.76. The van der Waals surface area contributed by atoms with Crippen LogP contribution >= 0.6 is 0 Å². The molecule has 4 heteroatoms. The molecule has 0 aliphatic rings. The van der Waals surface area contributed by atoms with E-state index in [-0.39, 0.29) is 0 Å². The summed E-state index contributed by atoms with van der Waals surface area (Å²) < 4.78 is 4.77. The van der Waals surface area contributed by atoms with Gasteiger partial charge >= 0.3 is 0 Å². The molecule has 0 atom stereocenters. The highest BCUT2D eigenvalue weighted by Gasteiger charge is 2.18. The van der Waals surface area contributed by atoms with E-state index in [2.05, 4.69) is 179 Å². The van der Waals surface area contributed by atoms with Crippen molar-refractivity contribution in [1.29, 1.82) is 0 Å². The third kappa shape index (κ3) is 4.78. The van der Waals surface area contributed by atoms with Crippen LogP contribution in [0.4, 0.5) is 0 Å². The Bertz CT molecular complexity index is 3200. The Morgan fingerprint density at radius 1 is 0.296 bits per heavy atom. The number of hydrogen-bond acceptors (Lipinski definition) is 2. The SMILES string of the molecule is c1ccc(-c2nc(-c3ccccc3)c3ccc(-n4c5ccccc5c5ccc(-c6ccc7c8ccccc8n(-c8ccccc8)c7c6)cc54)cc3n2)cc1. The minimum atomic E-state index is 0.715. The summed E-state index contributed by atoms with van der Waals surface area (Å²) in [6.45, 7) is 0. The molecule has 11 aromatic rings. The van der Waals surface area contributed by atoms with E-state index >= 15 is 0 Å². The molecule has 0 amide bonds. The zero-order chi connectivity index (χ0) is 35.6. The van der Waals surface area contributed by atoms with Gasteiger partial charge in [0, 0.05) is 49.4 Å². The maximum atomic E-state index is 5.18. The van der Waals surface area contributed by atoms with E-state index in [4.69, 9.17) is 9.97 Å². The average molecular weight is 689 g/mol. The molecule has 0 radical (unpaired) electrons. The van der Waals surface area contributed by atoms with Crippen LogP contribution in [-0.2, 0) is 0 Å². The summed E-state index contributed by atoms with van der Waals surface area (Å²) in [5.41, 5.74) is 13.2. The second-order valence-corrected chi connectivity index (χ2v) is 13.8. The molecule has 3 aromatic heterocycles. The van der Waals surface area contributed by atoms with Gasteiger partial charge in [-0.05, 0) is 65.7 Å². The van der Waals surface area contributed by atoms with Gasteiger partial charge in [0.1, 0.15) is 0 Å². The van der Waals surface area contributed by atoms with E-state index < -0.39 is 0 Å². The van der Waals surface area contributed by atoms with E-state index in [0.717, 1.165) is 50.1 Å². The first-order valence-corrected chi connectivity index (χ1v) is 18.3. The van der Waals surface area contributed by atoms with Crippen molar-refractivity contribution in [2.24, 2.45) is 0 Å². The Balaban J connectivity index is 1.13. The van der Waals surface area contributed by atoms with Crippen LogP contribution in [0.1, 0.15) is 0 Å². The highest BCUT2D eigenvalue weighted by Crippen LogP contribution is 2.39. The molecule has 54 heavy (non-hydrogen) atoms. The second-order valence-electron chi connectivity index (χ2n) is 13.8. The molecule has 3 heterocycles. The summed E-state index contributed by atoms with van der Waals surface area (Å²) in [6.07, 6.45) is 0. The lowest BCUT2D eigenvalue weighted by atomic mass is 10.0. The molecule has 0 aliphatic carbocycles. The first-order chi connectivity index (χ1) is 26.8. The molecule has 0 saturated heterocycles. The van der Waals surface area contributed by atoms with E-state index in [0.29, 0.717) is 5.82 Å². The first kappa shape index (κ1) is 30.3. The molecule has 0 spiro atoms. The van der Waals surface area contributed by atoms with Crippen molar-refractivity contribution in [1.82, 2.24) is 19.1 Å². The van der Waals surface area contributed by atoms with E-state index in [1.165, 1.54) is 43.7 Å². The lowest BCUT2D eigenvalue weighted by molar-refractivity contribution is 1.17. The molecule has 0 aliphatic heterocycles. The number of fused-ring (bicyclic) bond motifs is 7. The van der Waals surface area contributed by atoms with Gasteiger partial charge in [0.2, 0.25) is 0 Å². The fourth-order valence-electron chi connectivity index (χ4n) is 8.22. The Kier molecular flexibility index (Phi) is 6.82. The number of para-hydroxylation sites is 3. The molecule has 11 rings (SSSR count). The van der Waals surface area contributed by atoms with E-state index in [1.807, 2.05) is 24.3 Å².